The predicted octanol–water partition coefficient (Wildman–Crippen LogP) is 3.61. The number of thiophene rings is 1. The third-order valence-electron chi connectivity index (χ3n) is 6.44. The van der Waals surface area contributed by atoms with Crippen molar-refractivity contribution in [1.29, 1.82) is 0 Å². The lowest BCUT2D eigenvalue weighted by atomic mass is 10.1. The van der Waals surface area contributed by atoms with Gasteiger partial charge in [-0.1, -0.05) is 6.42 Å². The summed E-state index contributed by atoms with van der Waals surface area (Å²) in [5.74, 6) is -0.748. The molecule has 0 aromatic carbocycles. The molecule has 3 aromatic heterocycles. The van der Waals surface area contributed by atoms with Gasteiger partial charge in [0.05, 0.1) is 19.8 Å². The van der Waals surface area contributed by atoms with Gasteiger partial charge in [-0.2, -0.15) is 0 Å². The van der Waals surface area contributed by atoms with Crippen LogP contribution in [0.15, 0.2) is 6.07 Å². The first-order valence-corrected chi connectivity index (χ1v) is 12.4. The van der Waals surface area contributed by atoms with E-state index in [1.165, 1.54) is 14.2 Å². The molecule has 0 radical (unpaired) electrons. The molecule has 10 nitrogen and oxygen atoms in total. The van der Waals surface area contributed by atoms with E-state index in [0.29, 0.717) is 22.6 Å². The smallest absolute Gasteiger partial charge is 0.348 e. The van der Waals surface area contributed by atoms with Crippen LogP contribution in [0.2, 0.25) is 0 Å². The molecule has 1 fully saturated rings. The standard InChI is InChI=1S/C24H26N4O6S/c1-32-23(30)17-14(19(24(31)33-2)35-20(17)25)11-34-22(29)13-10-15(12-7-8-12)26-21-18(13)27-16-6-4-3-5-9-28(16)21/h10,12H,3-9,11,25H2,1-2H3. The van der Waals surface area contributed by atoms with Crippen LogP contribution in [-0.2, 0) is 33.8 Å². The van der Waals surface area contributed by atoms with Gasteiger partial charge in [-0.25, -0.2) is 24.4 Å². The summed E-state index contributed by atoms with van der Waals surface area (Å²) >= 11 is 0.888. The van der Waals surface area contributed by atoms with Gasteiger partial charge in [0.25, 0.3) is 0 Å². The van der Waals surface area contributed by atoms with E-state index in [9.17, 15) is 14.4 Å². The number of anilines is 1. The summed E-state index contributed by atoms with van der Waals surface area (Å²) in [5.41, 5.74) is 8.56. The summed E-state index contributed by atoms with van der Waals surface area (Å²) in [6.07, 6.45) is 6.13. The molecule has 0 amide bonds. The molecule has 0 bridgehead atoms. The van der Waals surface area contributed by atoms with Crippen molar-refractivity contribution in [2.24, 2.45) is 0 Å². The molecule has 2 aliphatic rings. The highest BCUT2D eigenvalue weighted by atomic mass is 32.1. The van der Waals surface area contributed by atoms with E-state index >= 15 is 0 Å². The molecule has 3 aromatic rings. The Morgan fingerprint density at radius 3 is 2.57 bits per heavy atom. The lowest BCUT2D eigenvalue weighted by Crippen LogP contribution is -2.13. The van der Waals surface area contributed by atoms with Gasteiger partial charge in [0.2, 0.25) is 0 Å². The van der Waals surface area contributed by atoms with Crippen LogP contribution in [0.25, 0.3) is 11.2 Å². The van der Waals surface area contributed by atoms with Crippen LogP contribution >= 0.6 is 11.3 Å². The van der Waals surface area contributed by atoms with E-state index in [4.69, 9.17) is 29.9 Å². The van der Waals surface area contributed by atoms with Gasteiger partial charge in [-0.3, -0.25) is 0 Å². The van der Waals surface area contributed by atoms with Gasteiger partial charge >= 0.3 is 17.9 Å². The van der Waals surface area contributed by atoms with Crippen LogP contribution in [-0.4, -0.2) is 46.7 Å². The predicted molar refractivity (Wildman–Crippen MR) is 128 cm³/mol. The van der Waals surface area contributed by atoms with Crippen LogP contribution in [0.1, 0.15) is 85.5 Å². The van der Waals surface area contributed by atoms with Gasteiger partial charge in [0.15, 0.2) is 5.65 Å². The molecular weight excluding hydrogens is 472 g/mol. The van der Waals surface area contributed by atoms with Crippen LogP contribution in [0.4, 0.5) is 5.00 Å². The van der Waals surface area contributed by atoms with E-state index < -0.39 is 17.9 Å². The van der Waals surface area contributed by atoms with Gasteiger partial charge in [-0.15, -0.1) is 11.3 Å². The fourth-order valence-corrected chi connectivity index (χ4v) is 5.45. The molecule has 1 saturated carbocycles. The van der Waals surface area contributed by atoms with E-state index in [2.05, 4.69) is 4.57 Å². The minimum absolute atomic E-state index is 0.00190. The Kier molecular flexibility index (Phi) is 6.18. The maximum Gasteiger partial charge on any atom is 0.348 e. The maximum atomic E-state index is 13.4. The number of nitrogens with zero attached hydrogens (tertiary/aromatic N) is 3. The number of aromatic nitrogens is 3. The molecule has 1 aliphatic heterocycles. The van der Waals surface area contributed by atoms with Gasteiger partial charge < -0.3 is 24.5 Å². The minimum atomic E-state index is -0.722. The zero-order valence-electron chi connectivity index (χ0n) is 19.6. The number of nitrogen functional groups attached to an aromatic ring is 1. The van der Waals surface area contributed by atoms with Gasteiger partial charge in [0.1, 0.15) is 33.4 Å². The van der Waals surface area contributed by atoms with Crippen molar-refractivity contribution in [3.05, 3.63) is 39.2 Å². The zero-order chi connectivity index (χ0) is 24.7. The number of hydrogen-bond donors (Lipinski definition) is 1. The zero-order valence-corrected chi connectivity index (χ0v) is 20.4. The first-order valence-electron chi connectivity index (χ1n) is 11.6. The summed E-state index contributed by atoms with van der Waals surface area (Å²) < 4.78 is 17.4. The molecule has 2 N–H and O–H groups in total. The Morgan fingerprint density at radius 2 is 1.86 bits per heavy atom. The van der Waals surface area contributed by atoms with Crippen molar-refractivity contribution < 1.29 is 28.6 Å². The summed E-state index contributed by atoms with van der Waals surface area (Å²) in [6.45, 7) is 0.470. The highest BCUT2D eigenvalue weighted by Crippen LogP contribution is 2.40. The largest absolute Gasteiger partial charge is 0.465 e. The average molecular weight is 499 g/mol. The van der Waals surface area contributed by atoms with E-state index in [1.54, 1.807) is 6.07 Å². The Morgan fingerprint density at radius 1 is 1.09 bits per heavy atom. The second kappa shape index (κ2) is 9.29. The quantitative estimate of drug-likeness (QED) is 0.399. The molecule has 35 heavy (non-hydrogen) atoms. The highest BCUT2D eigenvalue weighted by molar-refractivity contribution is 7.18. The molecular formula is C24H26N4O6S. The number of imidazole rings is 1. The fraction of sp³-hybridized carbons (Fsp3) is 0.458. The van der Waals surface area contributed by atoms with Crippen LogP contribution in [0.3, 0.4) is 0 Å². The van der Waals surface area contributed by atoms with E-state index in [-0.39, 0.29) is 27.6 Å². The Hall–Kier alpha value is -3.47. The van der Waals surface area contributed by atoms with Crippen LogP contribution in [0.5, 0.6) is 0 Å². The number of nitrogens with two attached hydrogens (primary N) is 1. The van der Waals surface area contributed by atoms with E-state index in [1.807, 2.05) is 0 Å². The number of pyridine rings is 1. The lowest BCUT2D eigenvalue weighted by Gasteiger charge is -2.10. The third-order valence-corrected chi connectivity index (χ3v) is 7.48. The number of ether oxygens (including phenoxy) is 3. The second-order valence-corrected chi connectivity index (χ2v) is 9.79. The van der Waals surface area contributed by atoms with Gasteiger partial charge in [0, 0.05) is 30.1 Å². The van der Waals surface area contributed by atoms with Crippen molar-refractivity contribution in [1.82, 2.24) is 14.5 Å². The van der Waals surface area contributed by atoms with Crippen LogP contribution < -0.4 is 5.73 Å². The normalized spacial score (nSPS) is 15.4. The van der Waals surface area contributed by atoms with Crippen molar-refractivity contribution in [3.8, 4) is 0 Å². The fourth-order valence-electron chi connectivity index (χ4n) is 4.48. The van der Waals surface area contributed by atoms with E-state index in [0.717, 1.165) is 67.9 Å². The molecule has 11 heteroatoms. The molecule has 0 atom stereocenters. The van der Waals surface area contributed by atoms with Crippen molar-refractivity contribution in [2.45, 2.75) is 57.6 Å². The first kappa shape index (κ1) is 23.3. The number of fused-ring (bicyclic) bond motifs is 3. The summed E-state index contributed by atoms with van der Waals surface area (Å²) in [4.78, 5) is 47.7. The average Bonchev–Trinajstić information content (AvgIpc) is 3.63. The first-order chi connectivity index (χ1) is 16.9. The number of aryl methyl sites for hydroxylation is 2. The molecule has 0 unspecified atom stereocenters. The topological polar surface area (TPSA) is 136 Å². The number of esters is 3. The lowest BCUT2D eigenvalue weighted by molar-refractivity contribution is 0.0454. The molecule has 0 saturated heterocycles. The Bertz CT molecular complexity index is 1340. The molecule has 184 valence electrons. The monoisotopic (exact) mass is 498 g/mol. The van der Waals surface area contributed by atoms with Gasteiger partial charge in [-0.05, 0) is 31.7 Å². The summed E-state index contributed by atoms with van der Waals surface area (Å²) in [6, 6.07) is 1.76. The molecule has 4 heterocycles. The maximum absolute atomic E-state index is 13.4. The number of rotatable bonds is 6. The molecule has 5 rings (SSSR count). The number of carbonyl (C=O) groups is 3. The van der Waals surface area contributed by atoms with Crippen LogP contribution in [0, 0.1) is 0 Å². The third kappa shape index (κ3) is 4.24. The molecule has 1 aliphatic carbocycles. The SMILES string of the molecule is COC(=O)c1sc(N)c(C(=O)OC)c1COC(=O)c1cc(C2CC2)nc2c1nc1n2CCCCC1. The number of methoxy groups -OCH3 is 2. The second-order valence-electron chi connectivity index (χ2n) is 8.74. The van der Waals surface area contributed by atoms with Crippen molar-refractivity contribution in [2.75, 3.05) is 20.0 Å². The highest BCUT2D eigenvalue weighted by Gasteiger charge is 2.31. The summed E-state index contributed by atoms with van der Waals surface area (Å²) in [7, 11) is 2.44. The minimum Gasteiger partial charge on any atom is -0.465 e. The number of carbonyl (C=O) groups excluding carboxylic acids is 3. The number of hydrogen-bond acceptors (Lipinski definition) is 10. The molecule has 0 spiro atoms. The van der Waals surface area contributed by atoms with Crippen molar-refractivity contribution in [3.63, 3.8) is 0 Å². The van der Waals surface area contributed by atoms with Crippen molar-refractivity contribution >= 4 is 45.4 Å². The Labute approximate surface area is 205 Å². The summed E-state index contributed by atoms with van der Waals surface area (Å²) in [5, 5.41) is 0.0865. The Balaban J connectivity index is 1.51.